The molecule has 2 N–H and O–H groups in total. The Morgan fingerprint density at radius 3 is 2.29 bits per heavy atom. The van der Waals surface area contributed by atoms with Gasteiger partial charge in [-0.3, -0.25) is 0 Å². The normalized spacial score (nSPS) is 13.2. The molecule has 0 aliphatic heterocycles. The molecule has 1 aromatic heterocycles. The first-order chi connectivity index (χ1) is 13.7. The van der Waals surface area contributed by atoms with Crippen LogP contribution in [0.5, 0.6) is 5.75 Å². The SMILES string of the molecule is COc1ccc([C@@H](O)[C@H](Nc2ccccc2)c2nc3ccccc3n2C)cc1. The summed E-state index contributed by atoms with van der Waals surface area (Å²) in [7, 11) is 3.61. The Hall–Kier alpha value is -3.31. The molecule has 5 nitrogen and oxygen atoms in total. The average molecular weight is 373 g/mol. The second-order valence-corrected chi connectivity index (χ2v) is 6.72. The molecule has 0 bridgehead atoms. The van der Waals surface area contributed by atoms with E-state index in [0.29, 0.717) is 0 Å². The van der Waals surface area contributed by atoms with E-state index in [1.54, 1.807) is 7.11 Å². The van der Waals surface area contributed by atoms with Gasteiger partial charge in [0.2, 0.25) is 0 Å². The van der Waals surface area contributed by atoms with Gasteiger partial charge in [-0.25, -0.2) is 4.98 Å². The van der Waals surface area contributed by atoms with Gasteiger partial charge in [-0.05, 0) is 42.0 Å². The van der Waals surface area contributed by atoms with E-state index in [9.17, 15) is 5.11 Å². The highest BCUT2D eigenvalue weighted by Gasteiger charge is 2.27. The molecule has 28 heavy (non-hydrogen) atoms. The smallest absolute Gasteiger partial charge is 0.135 e. The van der Waals surface area contributed by atoms with Crippen molar-refractivity contribution in [2.75, 3.05) is 12.4 Å². The zero-order valence-corrected chi connectivity index (χ0v) is 15.9. The number of aryl methyl sites for hydroxylation is 1. The Balaban J connectivity index is 1.77. The fourth-order valence-corrected chi connectivity index (χ4v) is 3.43. The highest BCUT2D eigenvalue weighted by atomic mass is 16.5. The second kappa shape index (κ2) is 7.74. The summed E-state index contributed by atoms with van der Waals surface area (Å²) < 4.78 is 7.27. The Labute approximate surface area is 164 Å². The molecule has 4 rings (SSSR count). The molecule has 2 atom stereocenters. The zero-order valence-electron chi connectivity index (χ0n) is 15.9. The summed E-state index contributed by atoms with van der Waals surface area (Å²) in [5, 5.41) is 14.7. The third-order valence-corrected chi connectivity index (χ3v) is 4.97. The number of hydrogen-bond donors (Lipinski definition) is 2. The molecular formula is C23H23N3O2. The molecule has 0 saturated carbocycles. The molecule has 0 spiro atoms. The van der Waals surface area contributed by atoms with Crippen molar-refractivity contribution in [1.82, 2.24) is 9.55 Å². The molecule has 0 unspecified atom stereocenters. The maximum Gasteiger partial charge on any atom is 0.135 e. The van der Waals surface area contributed by atoms with Crippen LogP contribution in [0.4, 0.5) is 5.69 Å². The monoisotopic (exact) mass is 373 g/mol. The van der Waals surface area contributed by atoms with E-state index >= 15 is 0 Å². The van der Waals surface area contributed by atoms with E-state index in [1.807, 2.05) is 90.5 Å². The number of fused-ring (bicyclic) bond motifs is 1. The molecule has 4 aromatic rings. The van der Waals surface area contributed by atoms with Gasteiger partial charge in [0, 0.05) is 12.7 Å². The van der Waals surface area contributed by atoms with Gasteiger partial charge >= 0.3 is 0 Å². The van der Waals surface area contributed by atoms with Crippen molar-refractivity contribution in [3.63, 3.8) is 0 Å². The summed E-state index contributed by atoms with van der Waals surface area (Å²) in [5.74, 6) is 1.53. The number of rotatable bonds is 6. The fourth-order valence-electron chi connectivity index (χ4n) is 3.43. The van der Waals surface area contributed by atoms with Crippen LogP contribution in [-0.2, 0) is 7.05 Å². The van der Waals surface area contributed by atoms with E-state index in [2.05, 4.69) is 5.32 Å². The summed E-state index contributed by atoms with van der Waals surface area (Å²) in [5.41, 5.74) is 3.65. The molecule has 0 saturated heterocycles. The average Bonchev–Trinajstić information content (AvgIpc) is 3.09. The quantitative estimate of drug-likeness (QED) is 0.524. The number of aliphatic hydroxyl groups is 1. The van der Waals surface area contributed by atoms with E-state index < -0.39 is 12.1 Å². The molecule has 142 valence electrons. The standard InChI is InChI=1S/C23H23N3O2/c1-26-20-11-7-6-10-19(20)25-23(26)21(24-17-8-4-3-5-9-17)22(27)16-12-14-18(28-2)15-13-16/h3-15,21-22,24,27H,1-2H3/t21-,22+/m0/s1. The van der Waals surface area contributed by atoms with Crippen LogP contribution >= 0.6 is 0 Å². The van der Waals surface area contributed by atoms with Crippen molar-refractivity contribution in [2.45, 2.75) is 12.1 Å². The fraction of sp³-hybridized carbons (Fsp3) is 0.174. The van der Waals surface area contributed by atoms with Crippen molar-refractivity contribution >= 4 is 16.7 Å². The van der Waals surface area contributed by atoms with Gasteiger partial charge in [-0.15, -0.1) is 0 Å². The predicted octanol–water partition coefficient (Wildman–Crippen LogP) is 4.47. The van der Waals surface area contributed by atoms with Crippen LogP contribution in [0.25, 0.3) is 11.0 Å². The maximum atomic E-state index is 11.3. The Bertz CT molecular complexity index is 1060. The molecule has 0 amide bonds. The number of anilines is 1. The number of nitrogens with one attached hydrogen (secondary N) is 1. The largest absolute Gasteiger partial charge is 0.497 e. The first-order valence-corrected chi connectivity index (χ1v) is 9.22. The molecule has 5 heteroatoms. The van der Waals surface area contributed by atoms with Crippen LogP contribution in [0.15, 0.2) is 78.9 Å². The van der Waals surface area contributed by atoms with Crippen LogP contribution in [0.2, 0.25) is 0 Å². The van der Waals surface area contributed by atoms with Crippen molar-refractivity contribution in [3.8, 4) is 5.75 Å². The third kappa shape index (κ3) is 3.44. The number of aromatic nitrogens is 2. The predicted molar refractivity (Wildman–Crippen MR) is 111 cm³/mol. The molecule has 0 radical (unpaired) electrons. The lowest BCUT2D eigenvalue weighted by Gasteiger charge is -2.25. The minimum Gasteiger partial charge on any atom is -0.497 e. The second-order valence-electron chi connectivity index (χ2n) is 6.72. The van der Waals surface area contributed by atoms with Gasteiger partial charge in [-0.2, -0.15) is 0 Å². The van der Waals surface area contributed by atoms with Gasteiger partial charge in [0.05, 0.1) is 18.1 Å². The van der Waals surface area contributed by atoms with Gasteiger partial charge in [-0.1, -0.05) is 42.5 Å². The molecular weight excluding hydrogens is 350 g/mol. The summed E-state index contributed by atoms with van der Waals surface area (Å²) in [4.78, 5) is 4.80. The number of hydrogen-bond acceptors (Lipinski definition) is 4. The lowest BCUT2D eigenvalue weighted by Crippen LogP contribution is -2.22. The Morgan fingerprint density at radius 1 is 0.929 bits per heavy atom. The first kappa shape index (κ1) is 18.1. The van der Waals surface area contributed by atoms with E-state index in [1.165, 1.54) is 0 Å². The van der Waals surface area contributed by atoms with E-state index in [4.69, 9.17) is 9.72 Å². The Morgan fingerprint density at radius 2 is 1.61 bits per heavy atom. The first-order valence-electron chi connectivity index (χ1n) is 9.22. The number of benzene rings is 3. The third-order valence-electron chi connectivity index (χ3n) is 4.97. The topological polar surface area (TPSA) is 59.3 Å². The van der Waals surface area contributed by atoms with Crippen molar-refractivity contribution < 1.29 is 9.84 Å². The van der Waals surface area contributed by atoms with Crippen LogP contribution in [-0.4, -0.2) is 21.8 Å². The molecule has 3 aromatic carbocycles. The van der Waals surface area contributed by atoms with Gasteiger partial charge in [0.25, 0.3) is 0 Å². The van der Waals surface area contributed by atoms with Crippen molar-refractivity contribution in [3.05, 3.63) is 90.3 Å². The Kier molecular flexibility index (Phi) is 5.00. The van der Waals surface area contributed by atoms with Crippen LogP contribution in [0, 0.1) is 0 Å². The highest BCUT2D eigenvalue weighted by molar-refractivity contribution is 5.76. The summed E-state index contributed by atoms with van der Waals surface area (Å²) >= 11 is 0. The van der Waals surface area contributed by atoms with Crippen molar-refractivity contribution in [2.24, 2.45) is 7.05 Å². The number of aliphatic hydroxyl groups excluding tert-OH is 1. The minimum atomic E-state index is -0.790. The number of para-hydroxylation sites is 3. The number of nitrogens with zero attached hydrogens (tertiary/aromatic N) is 2. The molecule has 0 aliphatic rings. The molecule has 1 heterocycles. The summed E-state index contributed by atoms with van der Waals surface area (Å²) in [6.07, 6.45) is -0.790. The van der Waals surface area contributed by atoms with Crippen LogP contribution in [0.3, 0.4) is 0 Å². The molecule has 0 fully saturated rings. The summed E-state index contributed by atoms with van der Waals surface area (Å²) in [6.45, 7) is 0. The van der Waals surface area contributed by atoms with Crippen LogP contribution < -0.4 is 10.1 Å². The van der Waals surface area contributed by atoms with Crippen molar-refractivity contribution in [1.29, 1.82) is 0 Å². The van der Waals surface area contributed by atoms with E-state index in [-0.39, 0.29) is 0 Å². The minimum absolute atomic E-state index is 0.423. The summed E-state index contributed by atoms with van der Waals surface area (Å²) in [6, 6.07) is 24.9. The lowest BCUT2D eigenvalue weighted by atomic mass is 10.0. The van der Waals surface area contributed by atoms with Crippen LogP contribution in [0.1, 0.15) is 23.5 Å². The van der Waals surface area contributed by atoms with Gasteiger partial charge in [0.15, 0.2) is 0 Å². The highest BCUT2D eigenvalue weighted by Crippen LogP contribution is 2.33. The maximum absolute atomic E-state index is 11.3. The lowest BCUT2D eigenvalue weighted by molar-refractivity contribution is 0.150. The van der Waals surface area contributed by atoms with Gasteiger partial charge in [0.1, 0.15) is 23.7 Å². The van der Waals surface area contributed by atoms with Gasteiger partial charge < -0.3 is 19.7 Å². The zero-order chi connectivity index (χ0) is 19.5. The molecule has 0 aliphatic carbocycles. The number of ether oxygens (including phenoxy) is 1. The number of methoxy groups -OCH3 is 1. The number of imidazole rings is 1. The van der Waals surface area contributed by atoms with E-state index in [0.717, 1.165) is 33.9 Å².